The van der Waals surface area contributed by atoms with Crippen molar-refractivity contribution in [3.05, 3.63) is 61.9 Å². The third kappa shape index (κ3) is 3.68. The number of nitro groups is 1. The van der Waals surface area contributed by atoms with Crippen molar-refractivity contribution in [3.63, 3.8) is 0 Å². The molecular weight excluding hydrogens is 353 g/mol. The van der Waals surface area contributed by atoms with Crippen molar-refractivity contribution in [2.75, 3.05) is 0 Å². The van der Waals surface area contributed by atoms with Gasteiger partial charge in [0.2, 0.25) is 0 Å². The number of hydrogen-bond donors (Lipinski definition) is 0. The van der Waals surface area contributed by atoms with Gasteiger partial charge in [0, 0.05) is 6.20 Å². The van der Waals surface area contributed by atoms with Crippen molar-refractivity contribution >= 4 is 28.9 Å². The smallest absolute Gasteiger partial charge is 0.275 e. The predicted octanol–water partition coefficient (Wildman–Crippen LogP) is 4.89. The summed E-state index contributed by atoms with van der Waals surface area (Å²) in [6.45, 7) is 2.99. The molecule has 0 saturated carbocycles. The second-order valence-corrected chi connectivity index (χ2v) is 5.94. The molecule has 0 atom stereocenters. The number of nitrogens with zero attached hydrogens (tertiary/aromatic N) is 2. The molecule has 0 saturated heterocycles. The van der Waals surface area contributed by atoms with Crippen molar-refractivity contribution in [2.24, 2.45) is 0 Å². The van der Waals surface area contributed by atoms with Crippen LogP contribution in [0.1, 0.15) is 19.5 Å². The van der Waals surface area contributed by atoms with Crippen LogP contribution in [0.15, 0.2) is 24.4 Å². The van der Waals surface area contributed by atoms with Crippen LogP contribution in [0.2, 0.25) is 10.0 Å². The van der Waals surface area contributed by atoms with Crippen molar-refractivity contribution in [3.8, 4) is 5.75 Å². The minimum absolute atomic E-state index is 0.158. The van der Waals surface area contributed by atoms with Crippen LogP contribution >= 0.6 is 23.2 Å². The fourth-order valence-corrected chi connectivity index (χ4v) is 2.52. The first-order valence-corrected chi connectivity index (χ1v) is 7.01. The second-order valence-electron chi connectivity index (χ2n) is 5.09. The van der Waals surface area contributed by atoms with Crippen LogP contribution in [-0.2, 0) is 5.60 Å². The lowest BCUT2D eigenvalue weighted by Crippen LogP contribution is -2.28. The van der Waals surface area contributed by atoms with Gasteiger partial charge in [-0.2, -0.15) is 0 Å². The van der Waals surface area contributed by atoms with Gasteiger partial charge < -0.3 is 4.74 Å². The van der Waals surface area contributed by atoms with Crippen molar-refractivity contribution in [2.45, 2.75) is 19.4 Å². The molecule has 2 aromatic rings. The molecule has 5 nitrogen and oxygen atoms in total. The molecule has 1 aromatic heterocycles. The Bertz CT molecular complexity index is 762. The Morgan fingerprint density at radius 1 is 1.22 bits per heavy atom. The van der Waals surface area contributed by atoms with E-state index in [0.717, 1.165) is 0 Å². The molecule has 1 aromatic carbocycles. The number of ether oxygens (including phenoxy) is 1. The first-order chi connectivity index (χ1) is 10.6. The van der Waals surface area contributed by atoms with Gasteiger partial charge in [0.15, 0.2) is 17.4 Å². The van der Waals surface area contributed by atoms with Gasteiger partial charge in [0.1, 0.15) is 11.3 Å². The van der Waals surface area contributed by atoms with E-state index in [1.165, 1.54) is 26.1 Å². The first-order valence-electron chi connectivity index (χ1n) is 6.26. The fourth-order valence-electron chi connectivity index (χ4n) is 1.91. The van der Waals surface area contributed by atoms with Crippen LogP contribution < -0.4 is 4.74 Å². The summed E-state index contributed by atoms with van der Waals surface area (Å²) in [6.07, 6.45) is 1.32. The maximum absolute atomic E-state index is 13.9. The predicted molar refractivity (Wildman–Crippen MR) is 80.9 cm³/mol. The standard InChI is InChI=1S/C14H10Cl2F2N2O3/c1-14(2,13-9(16)3-7(15)6-19-13)23-12-10(17)4-8(20(21)22)5-11(12)18/h3-6H,1-2H3. The molecule has 0 radical (unpaired) electrons. The summed E-state index contributed by atoms with van der Waals surface area (Å²) in [5.74, 6) is -3.15. The zero-order valence-corrected chi connectivity index (χ0v) is 13.5. The lowest BCUT2D eigenvalue weighted by Gasteiger charge is -2.27. The Hall–Kier alpha value is -1.99. The highest BCUT2D eigenvalue weighted by atomic mass is 35.5. The van der Waals surface area contributed by atoms with E-state index < -0.39 is 33.6 Å². The second kappa shape index (κ2) is 6.25. The number of hydrogen-bond acceptors (Lipinski definition) is 4. The highest BCUT2D eigenvalue weighted by molar-refractivity contribution is 6.34. The normalized spacial score (nSPS) is 11.4. The molecule has 0 unspecified atom stereocenters. The van der Waals surface area contributed by atoms with Gasteiger partial charge in [0.05, 0.1) is 27.1 Å². The molecule has 23 heavy (non-hydrogen) atoms. The van der Waals surface area contributed by atoms with E-state index in [2.05, 4.69) is 4.98 Å². The molecule has 2 rings (SSSR count). The lowest BCUT2D eigenvalue weighted by molar-refractivity contribution is -0.385. The molecule has 0 aliphatic carbocycles. The average molecular weight is 363 g/mol. The third-order valence-corrected chi connectivity index (χ3v) is 3.42. The molecule has 0 N–H and O–H groups in total. The van der Waals surface area contributed by atoms with E-state index in [0.29, 0.717) is 17.2 Å². The topological polar surface area (TPSA) is 65.3 Å². The van der Waals surface area contributed by atoms with E-state index in [9.17, 15) is 18.9 Å². The molecular formula is C14H10Cl2F2N2O3. The zero-order chi connectivity index (χ0) is 17.4. The quantitative estimate of drug-likeness (QED) is 0.573. The minimum Gasteiger partial charge on any atom is -0.475 e. The molecule has 0 aliphatic rings. The van der Waals surface area contributed by atoms with Crippen LogP contribution in [0.25, 0.3) is 0 Å². The van der Waals surface area contributed by atoms with E-state index in [1.807, 2.05) is 0 Å². The monoisotopic (exact) mass is 362 g/mol. The molecule has 0 bridgehead atoms. The molecule has 0 aliphatic heterocycles. The number of non-ortho nitro benzene ring substituents is 1. The lowest BCUT2D eigenvalue weighted by atomic mass is 10.0. The van der Waals surface area contributed by atoms with Gasteiger partial charge in [-0.25, -0.2) is 8.78 Å². The molecule has 0 spiro atoms. The van der Waals surface area contributed by atoms with Crippen LogP contribution in [-0.4, -0.2) is 9.91 Å². The van der Waals surface area contributed by atoms with Gasteiger partial charge in [-0.15, -0.1) is 0 Å². The summed E-state index contributed by atoms with van der Waals surface area (Å²) in [5.41, 5.74) is -1.81. The Morgan fingerprint density at radius 2 is 1.78 bits per heavy atom. The summed E-state index contributed by atoms with van der Waals surface area (Å²) in [7, 11) is 0. The van der Waals surface area contributed by atoms with E-state index in [1.54, 1.807) is 0 Å². The number of aromatic nitrogens is 1. The summed E-state index contributed by atoms with van der Waals surface area (Å²) in [5, 5.41) is 11.0. The molecule has 1 heterocycles. The van der Waals surface area contributed by atoms with Crippen molar-refractivity contribution in [1.82, 2.24) is 4.98 Å². The summed E-state index contributed by atoms with van der Waals surface area (Å²) < 4.78 is 33.2. The average Bonchev–Trinajstić information content (AvgIpc) is 2.42. The SMILES string of the molecule is CC(C)(Oc1c(F)cc([N+](=O)[O-])cc1F)c1ncc(Cl)cc1Cl. The van der Waals surface area contributed by atoms with Gasteiger partial charge in [-0.05, 0) is 19.9 Å². The Kier molecular flexibility index (Phi) is 4.72. The molecule has 0 fully saturated rings. The number of halogens is 4. The van der Waals surface area contributed by atoms with Crippen molar-refractivity contribution < 1.29 is 18.4 Å². The van der Waals surface area contributed by atoms with Crippen LogP contribution in [0.3, 0.4) is 0 Å². The minimum atomic E-state index is -1.31. The van der Waals surface area contributed by atoms with Gasteiger partial charge in [0.25, 0.3) is 5.69 Å². The van der Waals surface area contributed by atoms with Gasteiger partial charge in [-0.3, -0.25) is 15.1 Å². The number of rotatable bonds is 4. The fraction of sp³-hybridized carbons (Fsp3) is 0.214. The maximum atomic E-state index is 13.9. The summed E-state index contributed by atoms with van der Waals surface area (Å²) in [4.78, 5) is 13.7. The van der Waals surface area contributed by atoms with Crippen LogP contribution in [0.5, 0.6) is 5.75 Å². The summed E-state index contributed by atoms with van der Waals surface area (Å²) in [6, 6.07) is 2.57. The molecule has 0 amide bonds. The number of nitro benzene ring substituents is 1. The first kappa shape index (κ1) is 17.4. The maximum Gasteiger partial charge on any atom is 0.275 e. The third-order valence-electron chi connectivity index (χ3n) is 2.93. The van der Waals surface area contributed by atoms with Gasteiger partial charge in [-0.1, -0.05) is 23.2 Å². The Morgan fingerprint density at radius 3 is 2.26 bits per heavy atom. The largest absolute Gasteiger partial charge is 0.475 e. The van der Waals surface area contributed by atoms with Crippen LogP contribution in [0.4, 0.5) is 14.5 Å². The number of benzene rings is 1. The molecule has 122 valence electrons. The number of pyridine rings is 1. The Balaban J connectivity index is 2.43. The van der Waals surface area contributed by atoms with E-state index in [4.69, 9.17) is 27.9 Å². The highest BCUT2D eigenvalue weighted by Gasteiger charge is 2.31. The Labute approximate surface area is 140 Å². The molecule has 9 heteroatoms. The van der Waals surface area contributed by atoms with E-state index in [-0.39, 0.29) is 10.7 Å². The van der Waals surface area contributed by atoms with Crippen molar-refractivity contribution in [1.29, 1.82) is 0 Å². The van der Waals surface area contributed by atoms with Crippen LogP contribution in [0, 0.1) is 21.7 Å². The van der Waals surface area contributed by atoms with E-state index >= 15 is 0 Å². The summed E-state index contributed by atoms with van der Waals surface area (Å²) >= 11 is 11.8. The van der Waals surface area contributed by atoms with Gasteiger partial charge >= 0.3 is 0 Å². The zero-order valence-electron chi connectivity index (χ0n) is 11.9. The highest BCUT2D eigenvalue weighted by Crippen LogP contribution is 2.35.